The quantitative estimate of drug-likeness (QED) is 0.305. The molecule has 170 valence electrons. The molecule has 0 saturated heterocycles. The molecule has 2 aromatic carbocycles. The van der Waals surface area contributed by atoms with Gasteiger partial charge in [-0.25, -0.2) is 0 Å². The van der Waals surface area contributed by atoms with Gasteiger partial charge in [-0.1, -0.05) is 0 Å². The Morgan fingerprint density at radius 3 is 2.56 bits per heavy atom. The van der Waals surface area contributed by atoms with E-state index in [0.717, 1.165) is 29.2 Å². The number of anilines is 2. The number of hydrogen-bond acceptors (Lipinski definition) is 6. The molecule has 0 bridgehead atoms. The van der Waals surface area contributed by atoms with Crippen LogP contribution in [0.1, 0.15) is 23.6 Å². The van der Waals surface area contributed by atoms with Crippen molar-refractivity contribution in [3.8, 4) is 11.5 Å². The lowest BCUT2D eigenvalue weighted by molar-refractivity contribution is -0.137. The van der Waals surface area contributed by atoms with Gasteiger partial charge in [-0.3, -0.25) is 14.2 Å². The maximum atomic E-state index is 12.7. The molecule has 1 atom stereocenters. The number of aliphatic imine (C=N–C) groups is 1. The Balaban J connectivity index is 1.78. The van der Waals surface area contributed by atoms with Gasteiger partial charge < -0.3 is 20.9 Å². The van der Waals surface area contributed by atoms with Crippen LogP contribution in [0.5, 0.6) is 11.5 Å². The molecule has 5 N–H and O–H groups in total. The average molecular weight is 466 g/mol. The second kappa shape index (κ2) is 9.45. The third-order valence-corrected chi connectivity index (χ3v) is 5.22. The highest BCUT2D eigenvalue weighted by Crippen LogP contribution is 2.33. The molecular formula is C21H21F3N4O3S. The number of halogens is 3. The first kappa shape index (κ1) is 23.4. The number of aliphatic hydroxyl groups excluding tert-OH is 1. The summed E-state index contributed by atoms with van der Waals surface area (Å²) in [5, 5.41) is 12.7. The molecule has 1 unspecified atom stereocenters. The Hall–Kier alpha value is -3.31. The fourth-order valence-electron chi connectivity index (χ4n) is 2.78. The van der Waals surface area contributed by atoms with E-state index in [4.69, 9.17) is 15.6 Å². The van der Waals surface area contributed by atoms with Crippen LogP contribution in [-0.2, 0) is 6.18 Å². The molecule has 1 heterocycles. The van der Waals surface area contributed by atoms with Gasteiger partial charge in [-0.05, 0) is 73.4 Å². The fourth-order valence-corrected chi connectivity index (χ4v) is 3.54. The number of nitrogens with two attached hydrogens (primary N) is 1. The van der Waals surface area contributed by atoms with Crippen molar-refractivity contribution < 1.29 is 23.0 Å². The minimum atomic E-state index is -4.41. The lowest BCUT2D eigenvalue weighted by Crippen LogP contribution is -2.24. The number of nitrogens with one attached hydrogen (secondary N) is 2. The highest BCUT2D eigenvalue weighted by Gasteiger charge is 2.30. The van der Waals surface area contributed by atoms with Crippen LogP contribution in [0.4, 0.5) is 23.9 Å². The number of nitrogens with zero attached hydrogens (tertiary/aromatic N) is 1. The van der Waals surface area contributed by atoms with E-state index in [9.17, 15) is 18.0 Å². The van der Waals surface area contributed by atoms with Gasteiger partial charge in [-0.15, -0.1) is 0 Å². The maximum absolute atomic E-state index is 12.7. The van der Waals surface area contributed by atoms with Gasteiger partial charge in [-0.2, -0.15) is 13.2 Å². The molecule has 0 fully saturated rings. The number of aryl methyl sites for hydroxylation is 1. The number of alkyl halides is 3. The predicted octanol–water partition coefficient (Wildman–Crippen LogP) is 4.39. The lowest BCUT2D eigenvalue weighted by atomic mass is 10.2. The number of benzene rings is 2. The van der Waals surface area contributed by atoms with Gasteiger partial charge in [0.25, 0.3) is 5.56 Å². The normalized spacial score (nSPS) is 13.1. The summed E-state index contributed by atoms with van der Waals surface area (Å²) in [5.41, 5.74) is 6.33. The zero-order valence-corrected chi connectivity index (χ0v) is 18.0. The van der Waals surface area contributed by atoms with Crippen LogP contribution in [0, 0.1) is 6.92 Å². The number of rotatable bonds is 7. The minimum absolute atomic E-state index is 0.00975. The van der Waals surface area contributed by atoms with Crippen LogP contribution in [0.25, 0.3) is 0 Å². The summed E-state index contributed by atoms with van der Waals surface area (Å²) in [6.45, 7) is 3.24. The summed E-state index contributed by atoms with van der Waals surface area (Å²) >= 11 is 1.05. The molecule has 3 aromatic rings. The molecule has 7 nitrogen and oxygen atoms in total. The Bertz CT molecular complexity index is 1170. The maximum Gasteiger partial charge on any atom is 0.416 e. The Labute approximate surface area is 185 Å². The van der Waals surface area contributed by atoms with Gasteiger partial charge in [0.1, 0.15) is 27.9 Å². The van der Waals surface area contributed by atoms with Crippen LogP contribution >= 0.6 is 11.5 Å². The standard InChI is InChI=1S/C21H21F3N4O3S/c1-11-9-14(27-20-17(19(30)28-32-20)18(25)26-12(2)10-29)5-8-16(11)31-15-6-3-13(4-7-15)21(22,23)24/h3-9,12,27,29H,10H2,1-2H3,(H2,25,26)(H,28,30). The Morgan fingerprint density at radius 2 is 1.97 bits per heavy atom. The van der Waals surface area contributed by atoms with Crippen molar-refractivity contribution in [1.29, 1.82) is 0 Å². The van der Waals surface area contributed by atoms with Crippen LogP contribution < -0.4 is 21.3 Å². The molecule has 0 aliphatic heterocycles. The SMILES string of the molecule is Cc1cc(Nc2s[nH]c(=O)c2C(N)=NC(C)CO)ccc1Oc1ccc(C(F)(F)F)cc1. The van der Waals surface area contributed by atoms with Gasteiger partial charge in [0.05, 0.1) is 18.2 Å². The van der Waals surface area contributed by atoms with E-state index in [0.29, 0.717) is 16.4 Å². The molecule has 3 rings (SSSR count). The van der Waals surface area contributed by atoms with E-state index < -0.39 is 23.3 Å². The van der Waals surface area contributed by atoms with Crippen LogP contribution in [0.15, 0.2) is 52.3 Å². The van der Waals surface area contributed by atoms with Crippen molar-refractivity contribution in [3.63, 3.8) is 0 Å². The van der Waals surface area contributed by atoms with E-state index >= 15 is 0 Å². The van der Waals surface area contributed by atoms with Crippen molar-refractivity contribution in [2.45, 2.75) is 26.1 Å². The number of hydrogen-bond donors (Lipinski definition) is 4. The van der Waals surface area contributed by atoms with Crippen molar-refractivity contribution in [1.82, 2.24) is 4.37 Å². The summed E-state index contributed by atoms with van der Waals surface area (Å²) in [7, 11) is 0. The molecule has 1 aromatic heterocycles. The third-order valence-electron chi connectivity index (χ3n) is 4.42. The second-order valence-electron chi connectivity index (χ2n) is 7.01. The minimum Gasteiger partial charge on any atom is -0.457 e. The molecule has 32 heavy (non-hydrogen) atoms. The van der Waals surface area contributed by atoms with Crippen molar-refractivity contribution in [2.75, 3.05) is 11.9 Å². The van der Waals surface area contributed by atoms with Gasteiger partial charge in [0.2, 0.25) is 0 Å². The number of amidine groups is 1. The molecule has 0 aliphatic rings. The molecule has 0 amide bonds. The highest BCUT2D eigenvalue weighted by molar-refractivity contribution is 7.10. The van der Waals surface area contributed by atoms with Gasteiger partial charge >= 0.3 is 6.18 Å². The number of aromatic nitrogens is 1. The summed E-state index contributed by atoms with van der Waals surface area (Å²) in [6.07, 6.45) is -4.41. The zero-order chi connectivity index (χ0) is 23.5. The van der Waals surface area contributed by atoms with E-state index in [-0.39, 0.29) is 23.8 Å². The summed E-state index contributed by atoms with van der Waals surface area (Å²) in [4.78, 5) is 16.3. The molecular weight excluding hydrogens is 445 g/mol. The summed E-state index contributed by atoms with van der Waals surface area (Å²) in [6, 6.07) is 9.10. The van der Waals surface area contributed by atoms with Gasteiger partial charge in [0.15, 0.2) is 0 Å². The van der Waals surface area contributed by atoms with Crippen LogP contribution in [-0.4, -0.2) is 28.0 Å². The number of ether oxygens (including phenoxy) is 1. The van der Waals surface area contributed by atoms with E-state index in [1.165, 1.54) is 12.1 Å². The average Bonchev–Trinajstić information content (AvgIpc) is 3.09. The zero-order valence-electron chi connectivity index (χ0n) is 17.2. The monoisotopic (exact) mass is 466 g/mol. The summed E-state index contributed by atoms with van der Waals surface area (Å²) in [5.74, 6) is 0.751. The smallest absolute Gasteiger partial charge is 0.416 e. The largest absolute Gasteiger partial charge is 0.457 e. The van der Waals surface area contributed by atoms with Crippen LogP contribution in [0.3, 0.4) is 0 Å². The van der Waals surface area contributed by atoms with E-state index in [2.05, 4.69) is 14.7 Å². The number of aliphatic hydroxyl groups is 1. The number of aromatic amines is 1. The van der Waals surface area contributed by atoms with E-state index in [1.807, 2.05) is 0 Å². The van der Waals surface area contributed by atoms with Crippen LogP contribution in [0.2, 0.25) is 0 Å². The topological polar surface area (TPSA) is 113 Å². The Kier molecular flexibility index (Phi) is 6.90. The first-order chi connectivity index (χ1) is 15.1. The molecule has 0 aliphatic carbocycles. The van der Waals surface area contributed by atoms with Crippen molar-refractivity contribution in [2.24, 2.45) is 10.7 Å². The second-order valence-corrected chi connectivity index (χ2v) is 7.83. The van der Waals surface area contributed by atoms with E-state index in [1.54, 1.807) is 32.0 Å². The predicted molar refractivity (Wildman–Crippen MR) is 118 cm³/mol. The molecule has 11 heteroatoms. The molecule has 0 saturated carbocycles. The first-order valence-corrected chi connectivity index (χ1v) is 10.3. The Morgan fingerprint density at radius 1 is 1.28 bits per heavy atom. The first-order valence-electron chi connectivity index (χ1n) is 9.47. The molecule has 0 spiro atoms. The highest BCUT2D eigenvalue weighted by atomic mass is 32.1. The lowest BCUT2D eigenvalue weighted by Gasteiger charge is -2.13. The van der Waals surface area contributed by atoms with Crippen molar-refractivity contribution in [3.05, 3.63) is 69.5 Å². The van der Waals surface area contributed by atoms with Gasteiger partial charge in [0, 0.05) is 5.69 Å². The fraction of sp³-hybridized carbons (Fsp3) is 0.238. The summed E-state index contributed by atoms with van der Waals surface area (Å²) < 4.78 is 46.4. The number of H-pyrrole nitrogens is 1. The van der Waals surface area contributed by atoms with Crippen molar-refractivity contribution >= 4 is 28.1 Å². The molecule has 0 radical (unpaired) electrons. The third kappa shape index (κ3) is 5.48.